The molecule has 0 bridgehead atoms. The fourth-order valence-corrected chi connectivity index (χ4v) is 3.92. The zero-order chi connectivity index (χ0) is 17.8. The van der Waals surface area contributed by atoms with Crippen LogP contribution in [0.15, 0.2) is 65.0 Å². The Kier molecular flexibility index (Phi) is 5.02. The second-order valence-corrected chi connectivity index (χ2v) is 7.30. The maximum Gasteiger partial charge on any atom is 0.162 e. The third kappa shape index (κ3) is 3.65. The number of hydrogen-bond acceptors (Lipinski definition) is 4. The van der Waals surface area contributed by atoms with Crippen molar-refractivity contribution in [2.24, 2.45) is 4.99 Å². The Bertz CT molecular complexity index is 901. The van der Waals surface area contributed by atoms with E-state index in [0.717, 1.165) is 42.2 Å². The van der Waals surface area contributed by atoms with E-state index in [1.807, 2.05) is 18.2 Å². The van der Waals surface area contributed by atoms with Gasteiger partial charge in [0, 0.05) is 29.1 Å². The van der Waals surface area contributed by atoms with Crippen LogP contribution in [0.4, 0.5) is 0 Å². The molecule has 0 saturated heterocycles. The second kappa shape index (κ2) is 7.75. The predicted octanol–water partition coefficient (Wildman–Crippen LogP) is 4.92. The predicted molar refractivity (Wildman–Crippen MR) is 107 cm³/mol. The van der Waals surface area contributed by atoms with Crippen molar-refractivity contribution in [2.45, 2.75) is 19.4 Å². The van der Waals surface area contributed by atoms with Crippen molar-refractivity contribution in [2.75, 3.05) is 13.7 Å². The number of rotatable bonds is 6. The molecule has 132 valence electrons. The van der Waals surface area contributed by atoms with E-state index in [9.17, 15) is 0 Å². The van der Waals surface area contributed by atoms with Gasteiger partial charge in [0.1, 0.15) is 6.61 Å². The van der Waals surface area contributed by atoms with Crippen molar-refractivity contribution >= 4 is 17.0 Å². The topological polar surface area (TPSA) is 30.8 Å². The number of methoxy groups -OCH3 is 1. The average Bonchev–Trinajstić information content (AvgIpc) is 3.20. The summed E-state index contributed by atoms with van der Waals surface area (Å²) >= 11 is 1.77. The highest BCUT2D eigenvalue weighted by Crippen LogP contribution is 2.34. The summed E-state index contributed by atoms with van der Waals surface area (Å²) in [7, 11) is 1.70. The standard InChI is InChI=1S/C22H21NO2S/c1-24-21-12-17-9-10-23-20(13-18-8-5-11-26-18)19(17)14-22(21)25-15-16-6-3-2-4-7-16/h2-8,11-12,14H,9-10,13,15H2,1H3. The first-order valence-corrected chi connectivity index (χ1v) is 9.65. The lowest BCUT2D eigenvalue weighted by Crippen LogP contribution is -2.15. The molecule has 26 heavy (non-hydrogen) atoms. The van der Waals surface area contributed by atoms with Crippen LogP contribution >= 0.6 is 11.3 Å². The smallest absolute Gasteiger partial charge is 0.162 e. The third-order valence-electron chi connectivity index (χ3n) is 4.54. The highest BCUT2D eigenvalue weighted by Gasteiger charge is 2.19. The van der Waals surface area contributed by atoms with E-state index in [1.54, 1.807) is 18.4 Å². The Balaban J connectivity index is 1.62. The van der Waals surface area contributed by atoms with E-state index in [-0.39, 0.29) is 0 Å². The van der Waals surface area contributed by atoms with E-state index < -0.39 is 0 Å². The van der Waals surface area contributed by atoms with Gasteiger partial charge in [0.05, 0.1) is 7.11 Å². The molecule has 4 heteroatoms. The zero-order valence-electron chi connectivity index (χ0n) is 14.8. The number of benzene rings is 2. The molecule has 0 N–H and O–H groups in total. The van der Waals surface area contributed by atoms with Gasteiger partial charge in [-0.05, 0) is 41.1 Å². The Hall–Kier alpha value is -2.59. The molecule has 1 aromatic heterocycles. The van der Waals surface area contributed by atoms with Crippen LogP contribution in [-0.4, -0.2) is 19.4 Å². The van der Waals surface area contributed by atoms with Crippen molar-refractivity contribution < 1.29 is 9.47 Å². The summed E-state index contributed by atoms with van der Waals surface area (Å²) in [6.45, 7) is 1.36. The van der Waals surface area contributed by atoms with Gasteiger partial charge in [-0.25, -0.2) is 0 Å². The Morgan fingerprint density at radius 2 is 1.92 bits per heavy atom. The normalized spacial score (nSPS) is 13.0. The molecule has 2 heterocycles. The Morgan fingerprint density at radius 3 is 2.69 bits per heavy atom. The van der Waals surface area contributed by atoms with Gasteiger partial charge in [-0.3, -0.25) is 4.99 Å². The second-order valence-electron chi connectivity index (χ2n) is 6.27. The number of thiophene rings is 1. The van der Waals surface area contributed by atoms with Crippen molar-refractivity contribution in [1.82, 2.24) is 0 Å². The van der Waals surface area contributed by atoms with Gasteiger partial charge in [0.15, 0.2) is 11.5 Å². The fraction of sp³-hybridized carbons (Fsp3) is 0.227. The maximum absolute atomic E-state index is 6.09. The minimum atomic E-state index is 0.521. The summed E-state index contributed by atoms with van der Waals surface area (Å²) < 4.78 is 11.7. The van der Waals surface area contributed by atoms with Gasteiger partial charge in [0.25, 0.3) is 0 Å². The number of nitrogens with zero attached hydrogens (tertiary/aromatic N) is 1. The lowest BCUT2D eigenvalue weighted by atomic mass is 9.94. The van der Waals surface area contributed by atoms with Gasteiger partial charge >= 0.3 is 0 Å². The summed E-state index contributed by atoms with van der Waals surface area (Å²) in [6, 6.07) is 18.6. The van der Waals surface area contributed by atoms with Crippen molar-refractivity contribution in [3.63, 3.8) is 0 Å². The first kappa shape index (κ1) is 16.9. The first-order valence-electron chi connectivity index (χ1n) is 8.77. The maximum atomic E-state index is 6.09. The van der Waals surface area contributed by atoms with Gasteiger partial charge in [-0.15, -0.1) is 11.3 Å². The third-order valence-corrected chi connectivity index (χ3v) is 5.42. The molecule has 0 fully saturated rings. The molecule has 1 aliphatic rings. The highest BCUT2D eigenvalue weighted by atomic mass is 32.1. The highest BCUT2D eigenvalue weighted by molar-refractivity contribution is 7.10. The van der Waals surface area contributed by atoms with Crippen LogP contribution in [-0.2, 0) is 19.4 Å². The summed E-state index contributed by atoms with van der Waals surface area (Å²) in [5.74, 6) is 1.56. The molecule has 0 spiro atoms. The van der Waals surface area contributed by atoms with E-state index in [2.05, 4.69) is 41.8 Å². The van der Waals surface area contributed by atoms with Crippen LogP contribution in [0.5, 0.6) is 11.5 Å². The van der Waals surface area contributed by atoms with Crippen molar-refractivity contribution in [1.29, 1.82) is 0 Å². The lowest BCUT2D eigenvalue weighted by Gasteiger charge is -2.20. The zero-order valence-corrected chi connectivity index (χ0v) is 15.6. The minimum absolute atomic E-state index is 0.521. The molecule has 0 aliphatic carbocycles. The number of fused-ring (bicyclic) bond motifs is 1. The molecule has 0 atom stereocenters. The van der Waals surface area contributed by atoms with Crippen LogP contribution in [0.3, 0.4) is 0 Å². The number of aliphatic imine (C=N–C) groups is 1. The molecule has 2 aromatic carbocycles. The number of ether oxygens (including phenoxy) is 2. The number of hydrogen-bond donors (Lipinski definition) is 0. The van der Waals surface area contributed by atoms with E-state index in [4.69, 9.17) is 14.5 Å². The molecule has 4 rings (SSSR count). The van der Waals surface area contributed by atoms with Crippen LogP contribution in [0.2, 0.25) is 0 Å². The molecular weight excluding hydrogens is 342 g/mol. The SMILES string of the molecule is COc1cc2c(cc1OCc1ccccc1)C(Cc1cccs1)=NCC2. The van der Waals surface area contributed by atoms with Crippen LogP contribution < -0.4 is 9.47 Å². The average molecular weight is 363 g/mol. The molecule has 0 unspecified atom stereocenters. The summed E-state index contributed by atoms with van der Waals surface area (Å²) in [5.41, 5.74) is 4.75. The first-order chi connectivity index (χ1) is 12.8. The fourth-order valence-electron chi connectivity index (χ4n) is 3.21. The van der Waals surface area contributed by atoms with Crippen molar-refractivity contribution in [3.8, 4) is 11.5 Å². The van der Waals surface area contributed by atoms with Crippen LogP contribution in [0.25, 0.3) is 0 Å². The van der Waals surface area contributed by atoms with Gasteiger partial charge < -0.3 is 9.47 Å². The molecular formula is C22H21NO2S. The lowest BCUT2D eigenvalue weighted by molar-refractivity contribution is 0.284. The molecule has 3 nitrogen and oxygen atoms in total. The van der Waals surface area contributed by atoms with E-state index >= 15 is 0 Å². The van der Waals surface area contributed by atoms with Crippen molar-refractivity contribution in [3.05, 3.63) is 81.5 Å². The van der Waals surface area contributed by atoms with Gasteiger partial charge in [0.2, 0.25) is 0 Å². The molecule has 0 radical (unpaired) electrons. The van der Waals surface area contributed by atoms with Crippen LogP contribution in [0, 0.1) is 0 Å². The quantitative estimate of drug-likeness (QED) is 0.622. The molecule has 0 saturated carbocycles. The molecule has 1 aliphatic heterocycles. The Labute approximate surface area is 157 Å². The van der Waals surface area contributed by atoms with E-state index in [0.29, 0.717) is 6.61 Å². The van der Waals surface area contributed by atoms with E-state index in [1.165, 1.54) is 16.0 Å². The molecule has 0 amide bonds. The largest absolute Gasteiger partial charge is 0.493 e. The van der Waals surface area contributed by atoms with Gasteiger partial charge in [-0.2, -0.15) is 0 Å². The van der Waals surface area contributed by atoms with Crippen LogP contribution in [0.1, 0.15) is 21.6 Å². The van der Waals surface area contributed by atoms with Gasteiger partial charge in [-0.1, -0.05) is 36.4 Å². The summed E-state index contributed by atoms with van der Waals surface area (Å²) in [4.78, 5) is 6.12. The summed E-state index contributed by atoms with van der Waals surface area (Å²) in [6.07, 6.45) is 1.81. The monoisotopic (exact) mass is 363 g/mol. The molecule has 3 aromatic rings. The Morgan fingerprint density at radius 1 is 1.04 bits per heavy atom. The summed E-state index contributed by atoms with van der Waals surface area (Å²) in [5, 5.41) is 2.11. The minimum Gasteiger partial charge on any atom is -0.493 e.